The number of carbonyl (C=O) groups excluding carboxylic acids is 1. The minimum atomic E-state index is -1.45. The zero-order valence-corrected chi connectivity index (χ0v) is 17.8. The molecule has 0 aliphatic rings. The molecule has 0 spiro atoms. The smallest absolute Gasteiger partial charge is 0.412 e. The first-order valence-corrected chi connectivity index (χ1v) is 9.68. The number of fused-ring (bicyclic) bond motifs is 1. The molecular weight excluding hydrogens is 427 g/mol. The molecule has 0 unspecified atom stereocenters. The van der Waals surface area contributed by atoms with Crippen LogP contribution in [0.5, 0.6) is 0 Å². The fourth-order valence-corrected chi connectivity index (χ4v) is 3.21. The molecule has 0 radical (unpaired) electrons. The highest BCUT2D eigenvalue weighted by molar-refractivity contribution is 6.30. The quantitative estimate of drug-likeness (QED) is 0.604. The third kappa shape index (κ3) is 5.03. The number of amides is 1. The van der Waals surface area contributed by atoms with Gasteiger partial charge in [0.25, 0.3) is 5.56 Å². The van der Waals surface area contributed by atoms with Crippen molar-refractivity contribution in [1.29, 1.82) is 0 Å². The van der Waals surface area contributed by atoms with Crippen LogP contribution in [0.4, 0.5) is 14.9 Å². The van der Waals surface area contributed by atoms with E-state index in [1.54, 1.807) is 39.0 Å². The van der Waals surface area contributed by atoms with Crippen LogP contribution in [0.2, 0.25) is 5.02 Å². The molecule has 0 aliphatic carbocycles. The Kier molecular flexibility index (Phi) is 6.03. The van der Waals surface area contributed by atoms with Gasteiger partial charge in [-0.15, -0.1) is 0 Å². The van der Waals surface area contributed by atoms with Crippen molar-refractivity contribution < 1.29 is 23.8 Å². The fourth-order valence-electron chi connectivity index (χ4n) is 3.02. The van der Waals surface area contributed by atoms with Gasteiger partial charge in [-0.2, -0.15) is 0 Å². The Hall–Kier alpha value is -3.39. The van der Waals surface area contributed by atoms with Gasteiger partial charge in [0.05, 0.1) is 16.2 Å². The van der Waals surface area contributed by atoms with Crippen molar-refractivity contribution in [3.05, 3.63) is 80.5 Å². The number of hydrogen-bond donors (Lipinski definition) is 2. The number of halogens is 2. The van der Waals surface area contributed by atoms with Gasteiger partial charge in [-0.3, -0.25) is 14.5 Å². The summed E-state index contributed by atoms with van der Waals surface area (Å²) in [6.45, 7) is 5.05. The number of carboxylic acids is 1. The molecule has 0 aliphatic heterocycles. The number of carboxylic acid groups (broad SMARTS) is 1. The van der Waals surface area contributed by atoms with E-state index in [1.807, 2.05) is 0 Å². The Bertz CT molecular complexity index is 1250. The van der Waals surface area contributed by atoms with Gasteiger partial charge in [0.2, 0.25) is 0 Å². The van der Waals surface area contributed by atoms with Crippen molar-refractivity contribution in [2.24, 2.45) is 0 Å². The summed E-state index contributed by atoms with van der Waals surface area (Å²) in [6.07, 6.45) is 0.737. The Morgan fingerprint density at radius 1 is 1.23 bits per heavy atom. The van der Waals surface area contributed by atoms with Gasteiger partial charge in [0, 0.05) is 12.6 Å². The second-order valence-electron chi connectivity index (χ2n) is 7.89. The van der Waals surface area contributed by atoms with Gasteiger partial charge in [0.1, 0.15) is 17.0 Å². The van der Waals surface area contributed by atoms with Crippen LogP contribution < -0.4 is 10.9 Å². The van der Waals surface area contributed by atoms with E-state index in [0.29, 0.717) is 11.1 Å². The number of pyridine rings is 2. The minimum absolute atomic E-state index is 0.0209. The molecule has 2 N–H and O–H groups in total. The number of aromatic carboxylic acids is 1. The molecule has 7 nitrogen and oxygen atoms in total. The predicted octanol–water partition coefficient (Wildman–Crippen LogP) is 4.73. The van der Waals surface area contributed by atoms with E-state index in [1.165, 1.54) is 18.3 Å². The maximum absolute atomic E-state index is 14.3. The van der Waals surface area contributed by atoms with Crippen molar-refractivity contribution in [3.63, 3.8) is 0 Å². The standard InChI is InChI=1S/C22H20ClFN2O5/c1-22(2,3)31-21(30)25-16-10-14(20(28)29)19(27)26-11-12(7-8-17(16)26)9-13-5-4-6-15(23)18(13)24/h4-8,10-11H,9H2,1-3H3,(H,25,30)(H,28,29). The van der Waals surface area contributed by atoms with Gasteiger partial charge in [0.15, 0.2) is 0 Å². The summed E-state index contributed by atoms with van der Waals surface area (Å²) in [6, 6.07) is 8.88. The van der Waals surface area contributed by atoms with Crippen molar-refractivity contribution in [2.75, 3.05) is 5.32 Å². The molecule has 162 valence electrons. The van der Waals surface area contributed by atoms with Gasteiger partial charge < -0.3 is 9.84 Å². The van der Waals surface area contributed by atoms with E-state index in [0.717, 1.165) is 10.5 Å². The van der Waals surface area contributed by atoms with Gasteiger partial charge >= 0.3 is 12.1 Å². The first-order chi connectivity index (χ1) is 14.5. The summed E-state index contributed by atoms with van der Waals surface area (Å²) in [7, 11) is 0. The lowest BCUT2D eigenvalue weighted by Gasteiger charge is -2.20. The second-order valence-corrected chi connectivity index (χ2v) is 8.30. The van der Waals surface area contributed by atoms with Crippen LogP contribution >= 0.6 is 11.6 Å². The van der Waals surface area contributed by atoms with Crippen LogP contribution in [-0.4, -0.2) is 27.2 Å². The first-order valence-electron chi connectivity index (χ1n) is 9.31. The number of ether oxygens (including phenoxy) is 1. The van der Waals surface area contributed by atoms with E-state index in [2.05, 4.69) is 5.32 Å². The molecule has 2 aromatic heterocycles. The molecule has 0 bridgehead atoms. The average Bonchev–Trinajstić information content (AvgIpc) is 2.66. The Morgan fingerprint density at radius 3 is 2.58 bits per heavy atom. The topological polar surface area (TPSA) is 97.1 Å². The number of aromatic nitrogens is 1. The first kappa shape index (κ1) is 22.3. The maximum atomic E-state index is 14.3. The second kappa shape index (κ2) is 8.39. The highest BCUT2D eigenvalue weighted by Crippen LogP contribution is 2.23. The van der Waals surface area contributed by atoms with Crippen LogP contribution in [0.1, 0.15) is 42.3 Å². The summed E-state index contributed by atoms with van der Waals surface area (Å²) in [5.74, 6) is -2.01. The molecule has 1 aromatic carbocycles. The highest BCUT2D eigenvalue weighted by Gasteiger charge is 2.20. The molecule has 0 saturated heterocycles. The normalized spacial score (nSPS) is 11.4. The minimum Gasteiger partial charge on any atom is -0.477 e. The number of hydrogen-bond acceptors (Lipinski definition) is 4. The Labute approximate surface area is 182 Å². The molecule has 0 fully saturated rings. The molecule has 1 amide bonds. The van der Waals surface area contributed by atoms with Crippen molar-refractivity contribution in [1.82, 2.24) is 4.40 Å². The lowest BCUT2D eigenvalue weighted by Crippen LogP contribution is -2.29. The maximum Gasteiger partial charge on any atom is 0.412 e. The van der Waals surface area contributed by atoms with Gasteiger partial charge in [-0.05, 0) is 50.1 Å². The molecular formula is C22H20ClFN2O5. The summed E-state index contributed by atoms with van der Waals surface area (Å²) in [5.41, 5.74) is -0.874. The van der Waals surface area contributed by atoms with Crippen LogP contribution in [0.3, 0.4) is 0 Å². The third-order valence-electron chi connectivity index (χ3n) is 4.32. The summed E-state index contributed by atoms with van der Waals surface area (Å²) in [5, 5.41) is 11.9. The summed E-state index contributed by atoms with van der Waals surface area (Å²) < 4.78 is 20.6. The van der Waals surface area contributed by atoms with Crippen LogP contribution in [0.25, 0.3) is 5.52 Å². The lowest BCUT2D eigenvalue weighted by atomic mass is 10.1. The Morgan fingerprint density at radius 2 is 1.94 bits per heavy atom. The van der Waals surface area contributed by atoms with E-state index in [-0.39, 0.29) is 22.6 Å². The zero-order chi connectivity index (χ0) is 22.9. The fraction of sp³-hybridized carbons (Fsp3) is 0.227. The van der Waals surface area contributed by atoms with Crippen LogP contribution in [-0.2, 0) is 11.2 Å². The molecule has 0 atom stereocenters. The number of rotatable bonds is 4. The number of nitrogens with one attached hydrogen (secondary N) is 1. The molecule has 0 saturated carbocycles. The van der Waals surface area contributed by atoms with Gasteiger partial charge in [-0.25, -0.2) is 14.0 Å². The SMILES string of the molecule is CC(C)(C)OC(=O)Nc1cc(C(=O)O)c(=O)n2cc(Cc3cccc(Cl)c3F)ccc12. The number of nitrogens with zero attached hydrogens (tertiary/aromatic N) is 1. The van der Waals surface area contributed by atoms with Crippen LogP contribution in [0.15, 0.2) is 47.4 Å². The number of carbonyl (C=O) groups is 2. The van der Waals surface area contributed by atoms with E-state index >= 15 is 0 Å². The molecule has 3 aromatic rings. The average molecular weight is 447 g/mol. The molecule has 2 heterocycles. The predicted molar refractivity (Wildman–Crippen MR) is 115 cm³/mol. The van der Waals surface area contributed by atoms with E-state index in [9.17, 15) is 23.9 Å². The highest BCUT2D eigenvalue weighted by atomic mass is 35.5. The monoisotopic (exact) mass is 446 g/mol. The van der Waals surface area contributed by atoms with Crippen molar-refractivity contribution in [2.45, 2.75) is 32.8 Å². The summed E-state index contributed by atoms with van der Waals surface area (Å²) >= 11 is 5.82. The lowest BCUT2D eigenvalue weighted by molar-refractivity contribution is 0.0632. The van der Waals surface area contributed by atoms with Crippen molar-refractivity contribution >= 4 is 34.9 Å². The molecule has 9 heteroatoms. The largest absolute Gasteiger partial charge is 0.477 e. The number of anilines is 1. The summed E-state index contributed by atoms with van der Waals surface area (Å²) in [4.78, 5) is 36.5. The molecule has 3 rings (SSSR count). The van der Waals surface area contributed by atoms with E-state index < -0.39 is 34.6 Å². The third-order valence-corrected chi connectivity index (χ3v) is 4.61. The number of benzene rings is 1. The van der Waals surface area contributed by atoms with Crippen molar-refractivity contribution in [3.8, 4) is 0 Å². The van der Waals surface area contributed by atoms with Gasteiger partial charge in [-0.1, -0.05) is 29.8 Å². The zero-order valence-electron chi connectivity index (χ0n) is 17.0. The Balaban J connectivity index is 2.09. The van der Waals surface area contributed by atoms with Crippen LogP contribution in [0, 0.1) is 5.82 Å². The van der Waals surface area contributed by atoms with E-state index in [4.69, 9.17) is 16.3 Å². The molecule has 31 heavy (non-hydrogen) atoms.